The second-order valence-electron chi connectivity index (χ2n) is 4.66. The fourth-order valence-corrected chi connectivity index (χ4v) is 2.01. The van der Waals surface area contributed by atoms with Gasteiger partial charge in [0.15, 0.2) is 0 Å². The molecule has 0 radical (unpaired) electrons. The zero-order chi connectivity index (χ0) is 15.3. The lowest BCUT2D eigenvalue weighted by Crippen LogP contribution is -2.17. The number of alkyl halides is 3. The number of ether oxygens (including phenoxy) is 1. The molecule has 1 N–H and O–H groups in total. The number of rotatable bonds is 5. The van der Waals surface area contributed by atoms with Gasteiger partial charge in [0.2, 0.25) is 0 Å². The lowest BCUT2D eigenvalue weighted by molar-refractivity contribution is -0.274. The number of hydrogen-bond donors (Lipinski definition) is 1. The van der Waals surface area contributed by atoms with Crippen molar-refractivity contribution in [3.05, 3.63) is 65.7 Å². The van der Waals surface area contributed by atoms with E-state index in [2.05, 4.69) is 4.74 Å². The molecule has 2 aromatic rings. The first-order valence-electron chi connectivity index (χ1n) is 6.52. The van der Waals surface area contributed by atoms with Crippen LogP contribution < -0.4 is 4.74 Å². The SMILES string of the molecule is OC(CCc1ccccc1)c1ccc(OC(F)(F)F)cc1. The third-order valence-corrected chi connectivity index (χ3v) is 3.05. The Labute approximate surface area is 120 Å². The minimum absolute atomic E-state index is 0.290. The molecule has 0 aliphatic carbocycles. The van der Waals surface area contributed by atoms with Gasteiger partial charge in [-0.1, -0.05) is 42.5 Å². The van der Waals surface area contributed by atoms with Crippen molar-refractivity contribution in [2.24, 2.45) is 0 Å². The highest BCUT2D eigenvalue weighted by Crippen LogP contribution is 2.25. The minimum atomic E-state index is -4.70. The number of benzene rings is 2. The summed E-state index contributed by atoms with van der Waals surface area (Å²) in [7, 11) is 0. The van der Waals surface area contributed by atoms with E-state index in [0.717, 1.165) is 5.56 Å². The first-order valence-corrected chi connectivity index (χ1v) is 6.52. The van der Waals surface area contributed by atoms with Crippen LogP contribution in [0.3, 0.4) is 0 Å². The van der Waals surface area contributed by atoms with Gasteiger partial charge < -0.3 is 9.84 Å². The number of aliphatic hydroxyl groups excluding tert-OH is 1. The maximum absolute atomic E-state index is 12.0. The van der Waals surface area contributed by atoms with Gasteiger partial charge in [-0.3, -0.25) is 0 Å². The molecule has 5 heteroatoms. The molecule has 1 atom stereocenters. The third-order valence-electron chi connectivity index (χ3n) is 3.05. The van der Waals surface area contributed by atoms with E-state index >= 15 is 0 Å². The van der Waals surface area contributed by atoms with Crippen LogP contribution >= 0.6 is 0 Å². The van der Waals surface area contributed by atoms with E-state index in [0.29, 0.717) is 18.4 Å². The van der Waals surface area contributed by atoms with E-state index in [9.17, 15) is 18.3 Å². The smallest absolute Gasteiger partial charge is 0.406 e. The molecule has 0 amide bonds. The summed E-state index contributed by atoms with van der Waals surface area (Å²) < 4.78 is 39.9. The van der Waals surface area contributed by atoms with Gasteiger partial charge >= 0.3 is 6.36 Å². The zero-order valence-corrected chi connectivity index (χ0v) is 11.2. The molecule has 2 nitrogen and oxygen atoms in total. The quantitative estimate of drug-likeness (QED) is 0.893. The predicted octanol–water partition coefficient (Wildman–Crippen LogP) is 4.25. The Morgan fingerprint density at radius 1 is 0.952 bits per heavy atom. The molecular weight excluding hydrogens is 281 g/mol. The Hall–Kier alpha value is -2.01. The molecule has 0 saturated carbocycles. The average molecular weight is 296 g/mol. The Kier molecular flexibility index (Phi) is 4.85. The van der Waals surface area contributed by atoms with Crippen LogP contribution in [0.1, 0.15) is 23.7 Å². The summed E-state index contributed by atoms with van der Waals surface area (Å²) in [5.74, 6) is -0.290. The number of halogens is 3. The zero-order valence-electron chi connectivity index (χ0n) is 11.2. The van der Waals surface area contributed by atoms with E-state index in [1.54, 1.807) is 0 Å². The molecule has 0 aromatic heterocycles. The third kappa shape index (κ3) is 5.11. The van der Waals surface area contributed by atoms with Gasteiger partial charge in [0.25, 0.3) is 0 Å². The normalized spacial score (nSPS) is 13.0. The van der Waals surface area contributed by atoms with Crippen LogP contribution in [0.5, 0.6) is 5.75 Å². The van der Waals surface area contributed by atoms with Crippen LogP contribution in [0, 0.1) is 0 Å². The lowest BCUT2D eigenvalue weighted by atomic mass is 10.0. The van der Waals surface area contributed by atoms with E-state index in [1.165, 1.54) is 24.3 Å². The van der Waals surface area contributed by atoms with Crippen molar-refractivity contribution in [3.63, 3.8) is 0 Å². The largest absolute Gasteiger partial charge is 0.573 e. The summed E-state index contributed by atoms with van der Waals surface area (Å²) in [5.41, 5.74) is 1.68. The standard InChI is InChI=1S/C16H15F3O2/c17-16(18,19)21-14-9-7-13(8-10-14)15(20)11-6-12-4-2-1-3-5-12/h1-5,7-10,15,20H,6,11H2. The molecule has 0 aliphatic heterocycles. The van der Waals surface area contributed by atoms with E-state index in [4.69, 9.17) is 0 Å². The maximum Gasteiger partial charge on any atom is 0.573 e. The van der Waals surface area contributed by atoms with Crippen LogP contribution in [-0.2, 0) is 6.42 Å². The topological polar surface area (TPSA) is 29.5 Å². The molecule has 2 rings (SSSR count). The second-order valence-corrected chi connectivity index (χ2v) is 4.66. The van der Waals surface area contributed by atoms with Crippen molar-refractivity contribution in [2.75, 3.05) is 0 Å². The fourth-order valence-electron chi connectivity index (χ4n) is 2.01. The molecule has 0 fully saturated rings. The van der Waals surface area contributed by atoms with E-state index in [1.807, 2.05) is 30.3 Å². The predicted molar refractivity (Wildman–Crippen MR) is 72.8 cm³/mol. The van der Waals surface area contributed by atoms with Gasteiger partial charge in [0.1, 0.15) is 5.75 Å². The van der Waals surface area contributed by atoms with Crippen molar-refractivity contribution >= 4 is 0 Å². The van der Waals surface area contributed by atoms with Gasteiger partial charge in [0.05, 0.1) is 6.10 Å². The van der Waals surface area contributed by atoms with Crippen molar-refractivity contribution in [3.8, 4) is 5.75 Å². The van der Waals surface area contributed by atoms with Crippen LogP contribution in [-0.4, -0.2) is 11.5 Å². The highest BCUT2D eigenvalue weighted by atomic mass is 19.4. The highest BCUT2D eigenvalue weighted by Gasteiger charge is 2.31. The van der Waals surface area contributed by atoms with Crippen molar-refractivity contribution in [1.29, 1.82) is 0 Å². The molecule has 2 aromatic carbocycles. The van der Waals surface area contributed by atoms with Gasteiger partial charge in [-0.15, -0.1) is 13.2 Å². The number of aliphatic hydroxyl groups is 1. The van der Waals surface area contributed by atoms with Gasteiger partial charge in [-0.25, -0.2) is 0 Å². The van der Waals surface area contributed by atoms with Crippen molar-refractivity contribution < 1.29 is 23.0 Å². The van der Waals surface area contributed by atoms with Crippen LogP contribution in [0.2, 0.25) is 0 Å². The number of aryl methyl sites for hydroxylation is 1. The molecule has 0 heterocycles. The Bertz CT molecular complexity index is 550. The first kappa shape index (κ1) is 15.4. The average Bonchev–Trinajstić information content (AvgIpc) is 2.45. The van der Waals surface area contributed by atoms with Crippen molar-refractivity contribution in [1.82, 2.24) is 0 Å². The summed E-state index contributed by atoms with van der Waals surface area (Å²) in [6, 6.07) is 15.0. The molecule has 0 saturated heterocycles. The monoisotopic (exact) mass is 296 g/mol. The fraction of sp³-hybridized carbons (Fsp3) is 0.250. The molecule has 112 valence electrons. The summed E-state index contributed by atoms with van der Waals surface area (Å²) in [5, 5.41) is 10.0. The van der Waals surface area contributed by atoms with E-state index in [-0.39, 0.29) is 5.75 Å². The molecule has 0 spiro atoms. The maximum atomic E-state index is 12.0. The van der Waals surface area contributed by atoms with Crippen molar-refractivity contribution in [2.45, 2.75) is 25.3 Å². The molecule has 1 unspecified atom stereocenters. The molecule has 0 aliphatic rings. The number of hydrogen-bond acceptors (Lipinski definition) is 2. The second kappa shape index (κ2) is 6.63. The van der Waals surface area contributed by atoms with Crippen LogP contribution in [0.4, 0.5) is 13.2 Å². The Morgan fingerprint density at radius 3 is 2.14 bits per heavy atom. The first-order chi connectivity index (χ1) is 9.94. The Balaban J connectivity index is 1.92. The van der Waals surface area contributed by atoms with Crippen LogP contribution in [0.15, 0.2) is 54.6 Å². The molecule has 21 heavy (non-hydrogen) atoms. The van der Waals surface area contributed by atoms with Gasteiger partial charge in [-0.2, -0.15) is 0 Å². The lowest BCUT2D eigenvalue weighted by Gasteiger charge is -2.13. The summed E-state index contributed by atoms with van der Waals surface area (Å²) in [4.78, 5) is 0. The minimum Gasteiger partial charge on any atom is -0.406 e. The van der Waals surface area contributed by atoms with E-state index < -0.39 is 12.5 Å². The van der Waals surface area contributed by atoms with Gasteiger partial charge in [0, 0.05) is 0 Å². The van der Waals surface area contributed by atoms with Crippen LogP contribution in [0.25, 0.3) is 0 Å². The summed E-state index contributed by atoms with van der Waals surface area (Å²) in [6.45, 7) is 0. The molecule has 0 bridgehead atoms. The van der Waals surface area contributed by atoms with Gasteiger partial charge in [-0.05, 0) is 36.1 Å². The summed E-state index contributed by atoms with van der Waals surface area (Å²) >= 11 is 0. The molecular formula is C16H15F3O2. The highest BCUT2D eigenvalue weighted by molar-refractivity contribution is 5.29. The summed E-state index contributed by atoms with van der Waals surface area (Å²) in [6.07, 6.45) is -4.22. The Morgan fingerprint density at radius 2 is 1.57 bits per heavy atom.